The second-order valence-corrected chi connectivity index (χ2v) is 10.1. The van der Waals surface area contributed by atoms with Crippen LogP contribution in [0.25, 0.3) is 0 Å². The Labute approximate surface area is 197 Å². The van der Waals surface area contributed by atoms with Gasteiger partial charge in [-0.15, -0.1) is 0 Å². The third-order valence-electron chi connectivity index (χ3n) is 6.53. The Bertz CT molecular complexity index is 965. The number of nitrogens with zero attached hydrogens (tertiary/aromatic N) is 6. The summed E-state index contributed by atoms with van der Waals surface area (Å²) in [5, 5.41) is 1.18. The molecule has 1 atom stereocenters. The van der Waals surface area contributed by atoms with Gasteiger partial charge in [-0.2, -0.15) is 0 Å². The lowest BCUT2D eigenvalue weighted by Crippen LogP contribution is -2.60. The number of likely N-dealkylation sites (tertiary alicyclic amines) is 1. The van der Waals surface area contributed by atoms with Crippen LogP contribution in [0.15, 0.2) is 34.6 Å². The molecule has 0 radical (unpaired) electrons. The molecule has 32 heavy (non-hydrogen) atoms. The van der Waals surface area contributed by atoms with Crippen LogP contribution < -0.4 is 16.4 Å². The molecule has 0 bridgehead atoms. The molecule has 172 valence electrons. The first-order valence-electron chi connectivity index (χ1n) is 10.7. The molecule has 2 aromatic heterocycles. The van der Waals surface area contributed by atoms with Gasteiger partial charge in [0.05, 0.1) is 17.4 Å². The van der Waals surface area contributed by atoms with Crippen molar-refractivity contribution in [2.75, 3.05) is 50.9 Å². The number of hydrogen-bond donors (Lipinski definition) is 2. The second-order valence-electron chi connectivity index (χ2n) is 8.65. The van der Waals surface area contributed by atoms with Crippen molar-refractivity contribution in [2.45, 2.75) is 35.2 Å². The van der Waals surface area contributed by atoms with Gasteiger partial charge in [-0.25, -0.2) is 19.7 Å². The summed E-state index contributed by atoms with van der Waals surface area (Å²) in [6, 6.07) is 1.84. The smallest absolute Gasteiger partial charge is 0.319 e. The van der Waals surface area contributed by atoms with Crippen molar-refractivity contribution >= 4 is 41.0 Å². The van der Waals surface area contributed by atoms with E-state index in [0.717, 1.165) is 54.6 Å². The molecule has 2 aliphatic heterocycles. The SMILES string of the molecule is CN(C)C(=O)N1CCC2(CCN(c3cnc(Sc4ccnc(N)c4Cl)cn3)CC2)C(N)C1. The van der Waals surface area contributed by atoms with Crippen LogP contribution in [0.5, 0.6) is 0 Å². The van der Waals surface area contributed by atoms with Gasteiger partial charge in [-0.3, -0.25) is 0 Å². The Morgan fingerprint density at radius 1 is 1.19 bits per heavy atom. The average molecular weight is 477 g/mol. The van der Waals surface area contributed by atoms with Gasteiger partial charge in [0.25, 0.3) is 0 Å². The minimum atomic E-state index is -0.00953. The number of nitrogen functional groups attached to an aromatic ring is 1. The van der Waals surface area contributed by atoms with Crippen molar-refractivity contribution in [1.82, 2.24) is 24.8 Å². The van der Waals surface area contributed by atoms with Crippen LogP contribution >= 0.6 is 23.4 Å². The zero-order valence-electron chi connectivity index (χ0n) is 18.4. The molecule has 2 saturated heterocycles. The maximum absolute atomic E-state index is 12.3. The summed E-state index contributed by atoms with van der Waals surface area (Å²) < 4.78 is 0. The van der Waals surface area contributed by atoms with E-state index in [9.17, 15) is 4.79 Å². The minimum absolute atomic E-state index is 0.00953. The second kappa shape index (κ2) is 9.29. The van der Waals surface area contributed by atoms with Crippen LogP contribution in [0.2, 0.25) is 5.02 Å². The lowest BCUT2D eigenvalue weighted by molar-refractivity contribution is 0.0628. The molecule has 0 aromatic carbocycles. The highest BCUT2D eigenvalue weighted by Crippen LogP contribution is 2.41. The van der Waals surface area contributed by atoms with E-state index >= 15 is 0 Å². The molecular weight excluding hydrogens is 448 g/mol. The number of halogens is 1. The summed E-state index contributed by atoms with van der Waals surface area (Å²) in [5.41, 5.74) is 12.4. The quantitative estimate of drug-likeness (QED) is 0.693. The molecule has 4 rings (SSSR count). The summed E-state index contributed by atoms with van der Waals surface area (Å²) in [7, 11) is 3.56. The summed E-state index contributed by atoms with van der Waals surface area (Å²) >= 11 is 7.63. The van der Waals surface area contributed by atoms with Crippen molar-refractivity contribution in [2.24, 2.45) is 11.1 Å². The van der Waals surface area contributed by atoms with Crippen LogP contribution in [0.4, 0.5) is 16.4 Å². The fourth-order valence-corrected chi connectivity index (χ4v) is 5.47. The Balaban J connectivity index is 1.35. The fourth-order valence-electron chi connectivity index (χ4n) is 4.48. The van der Waals surface area contributed by atoms with E-state index in [1.54, 1.807) is 37.6 Å². The number of carbonyl (C=O) groups is 1. The van der Waals surface area contributed by atoms with E-state index < -0.39 is 0 Å². The first-order chi connectivity index (χ1) is 15.3. The Kier molecular flexibility index (Phi) is 6.64. The van der Waals surface area contributed by atoms with Crippen molar-refractivity contribution in [3.8, 4) is 0 Å². The number of amides is 2. The minimum Gasteiger partial charge on any atom is -0.382 e. The van der Waals surface area contributed by atoms with Crippen LogP contribution in [0.3, 0.4) is 0 Å². The summed E-state index contributed by atoms with van der Waals surface area (Å²) in [5.74, 6) is 1.16. The first kappa shape index (κ1) is 22.9. The highest BCUT2D eigenvalue weighted by Gasteiger charge is 2.44. The third-order valence-corrected chi connectivity index (χ3v) is 8.02. The van der Waals surface area contributed by atoms with Gasteiger partial charge < -0.3 is 26.2 Å². The molecule has 1 spiro atoms. The Morgan fingerprint density at radius 2 is 1.91 bits per heavy atom. The van der Waals surface area contributed by atoms with Crippen LogP contribution in [-0.2, 0) is 0 Å². The monoisotopic (exact) mass is 476 g/mol. The zero-order chi connectivity index (χ0) is 22.9. The highest BCUT2D eigenvalue weighted by atomic mass is 35.5. The largest absolute Gasteiger partial charge is 0.382 e. The summed E-state index contributed by atoms with van der Waals surface area (Å²) in [6.07, 6.45) is 8.11. The van der Waals surface area contributed by atoms with E-state index in [-0.39, 0.29) is 17.5 Å². The number of nitrogens with two attached hydrogens (primary N) is 2. The maximum atomic E-state index is 12.3. The topological polar surface area (TPSA) is 118 Å². The maximum Gasteiger partial charge on any atom is 0.319 e. The first-order valence-corrected chi connectivity index (χ1v) is 11.9. The molecule has 2 aliphatic rings. The van der Waals surface area contributed by atoms with Crippen molar-refractivity contribution in [3.05, 3.63) is 29.7 Å². The number of hydrogen-bond acceptors (Lipinski definition) is 8. The number of carbonyl (C=O) groups excluding carboxylic acids is 1. The van der Waals surface area contributed by atoms with Crippen LogP contribution in [0.1, 0.15) is 19.3 Å². The van der Waals surface area contributed by atoms with E-state index in [0.29, 0.717) is 17.4 Å². The van der Waals surface area contributed by atoms with Crippen molar-refractivity contribution in [1.29, 1.82) is 0 Å². The van der Waals surface area contributed by atoms with Crippen LogP contribution in [-0.4, -0.2) is 77.1 Å². The molecule has 9 nitrogen and oxygen atoms in total. The number of aromatic nitrogens is 3. The van der Waals surface area contributed by atoms with E-state index in [1.807, 2.05) is 11.0 Å². The number of pyridine rings is 1. The van der Waals surface area contributed by atoms with Gasteiger partial charge >= 0.3 is 6.03 Å². The van der Waals surface area contributed by atoms with E-state index in [4.69, 9.17) is 23.1 Å². The Hall–Kier alpha value is -2.30. The standard InChI is InChI=1S/C21H29ClN8OS/c1-28(2)20(31)30-10-6-21(15(23)13-30)4-8-29(9-5-21)16-11-27-17(12-26-16)32-14-3-7-25-19(24)18(14)22/h3,7,11-12,15H,4-6,8-10,13,23H2,1-2H3,(H2,24,25). The molecule has 0 saturated carbocycles. The number of anilines is 2. The third kappa shape index (κ3) is 4.57. The normalized spacial score (nSPS) is 20.4. The molecule has 4 heterocycles. The zero-order valence-corrected chi connectivity index (χ0v) is 19.9. The van der Waals surface area contributed by atoms with Crippen molar-refractivity contribution in [3.63, 3.8) is 0 Å². The van der Waals surface area contributed by atoms with Gasteiger partial charge in [0.2, 0.25) is 0 Å². The molecule has 0 aliphatic carbocycles. The van der Waals surface area contributed by atoms with Gasteiger partial charge in [-0.1, -0.05) is 23.4 Å². The molecular formula is C21H29ClN8OS. The number of rotatable bonds is 3. The lowest BCUT2D eigenvalue weighted by atomic mass is 9.68. The summed E-state index contributed by atoms with van der Waals surface area (Å²) in [4.78, 5) is 32.0. The van der Waals surface area contributed by atoms with E-state index in [2.05, 4.69) is 19.9 Å². The predicted molar refractivity (Wildman–Crippen MR) is 127 cm³/mol. The lowest BCUT2D eigenvalue weighted by Gasteiger charge is -2.50. The van der Waals surface area contributed by atoms with Crippen molar-refractivity contribution < 1.29 is 4.79 Å². The van der Waals surface area contributed by atoms with Gasteiger partial charge in [0.1, 0.15) is 16.7 Å². The number of piperidine rings is 2. The Morgan fingerprint density at radius 3 is 2.53 bits per heavy atom. The van der Waals surface area contributed by atoms with Gasteiger partial charge in [-0.05, 0) is 30.7 Å². The molecule has 2 amide bonds. The summed E-state index contributed by atoms with van der Waals surface area (Å²) in [6.45, 7) is 3.13. The van der Waals surface area contributed by atoms with Gasteiger partial charge in [0.15, 0.2) is 0 Å². The molecule has 4 N–H and O–H groups in total. The van der Waals surface area contributed by atoms with Gasteiger partial charge in [0, 0.05) is 57.4 Å². The molecule has 11 heteroatoms. The van der Waals surface area contributed by atoms with Crippen LogP contribution in [0, 0.1) is 5.41 Å². The predicted octanol–water partition coefficient (Wildman–Crippen LogP) is 2.56. The van der Waals surface area contributed by atoms with E-state index in [1.165, 1.54) is 11.8 Å². The molecule has 2 fully saturated rings. The molecule has 1 unspecified atom stereocenters. The number of urea groups is 1. The molecule has 2 aromatic rings. The highest BCUT2D eigenvalue weighted by molar-refractivity contribution is 7.99. The average Bonchev–Trinajstić information content (AvgIpc) is 2.79. The fraction of sp³-hybridized carbons (Fsp3) is 0.524.